The number of amides is 1. The molecule has 0 saturated carbocycles. The quantitative estimate of drug-likeness (QED) is 0.698. The van der Waals surface area contributed by atoms with Crippen LogP contribution < -0.4 is 24.8 Å². The van der Waals surface area contributed by atoms with Gasteiger partial charge in [-0.05, 0) is 32.1 Å². The highest BCUT2D eigenvalue weighted by molar-refractivity contribution is 5.98. The first-order valence-corrected chi connectivity index (χ1v) is 6.41. The van der Waals surface area contributed by atoms with E-state index in [0.717, 1.165) is 13.0 Å². The fourth-order valence-corrected chi connectivity index (χ4v) is 1.84. The monoisotopic (exact) mass is 282 g/mol. The van der Waals surface area contributed by atoms with Crippen LogP contribution in [0, 0.1) is 0 Å². The van der Waals surface area contributed by atoms with Crippen LogP contribution in [0.5, 0.6) is 17.2 Å². The lowest BCUT2D eigenvalue weighted by Crippen LogP contribution is -2.27. The van der Waals surface area contributed by atoms with Crippen LogP contribution in [0.2, 0.25) is 0 Å². The van der Waals surface area contributed by atoms with Crippen LogP contribution in [0.25, 0.3) is 0 Å². The molecule has 2 N–H and O–H groups in total. The average molecular weight is 282 g/mol. The summed E-state index contributed by atoms with van der Waals surface area (Å²) in [6.45, 7) is 1.44. The van der Waals surface area contributed by atoms with Gasteiger partial charge in [0.1, 0.15) is 0 Å². The fraction of sp³-hybridized carbons (Fsp3) is 0.500. The number of nitrogens with one attached hydrogen (secondary N) is 2. The number of methoxy groups -OCH3 is 3. The Kier molecular flexibility index (Phi) is 6.66. The molecule has 0 saturated heterocycles. The standard InChI is InChI=1S/C14H22N2O4/c1-15-8-5-9-16-14(17)10-6-7-11(18-2)13(20-4)12(10)19-3/h6-7,15H,5,8-9H2,1-4H3,(H,16,17). The van der Waals surface area contributed by atoms with Crippen molar-refractivity contribution in [2.45, 2.75) is 6.42 Å². The third-order valence-corrected chi connectivity index (χ3v) is 2.84. The second-order valence-electron chi connectivity index (χ2n) is 4.09. The van der Waals surface area contributed by atoms with Crippen LogP contribution in [0.4, 0.5) is 0 Å². The molecule has 20 heavy (non-hydrogen) atoms. The van der Waals surface area contributed by atoms with Crippen LogP contribution in [0.1, 0.15) is 16.8 Å². The van der Waals surface area contributed by atoms with Gasteiger partial charge in [-0.25, -0.2) is 0 Å². The molecule has 0 spiro atoms. The van der Waals surface area contributed by atoms with Gasteiger partial charge in [0.05, 0.1) is 26.9 Å². The molecular formula is C14H22N2O4. The first-order chi connectivity index (χ1) is 9.69. The van der Waals surface area contributed by atoms with Gasteiger partial charge in [-0.1, -0.05) is 0 Å². The van der Waals surface area contributed by atoms with Gasteiger partial charge in [0.25, 0.3) is 5.91 Å². The number of ether oxygens (including phenoxy) is 3. The van der Waals surface area contributed by atoms with E-state index < -0.39 is 0 Å². The van der Waals surface area contributed by atoms with Crippen molar-refractivity contribution in [1.29, 1.82) is 0 Å². The van der Waals surface area contributed by atoms with Crippen LogP contribution in [-0.2, 0) is 0 Å². The first kappa shape index (κ1) is 16.1. The number of hydrogen-bond donors (Lipinski definition) is 2. The van der Waals surface area contributed by atoms with E-state index in [0.29, 0.717) is 29.4 Å². The Morgan fingerprint density at radius 1 is 1.05 bits per heavy atom. The van der Waals surface area contributed by atoms with Crippen molar-refractivity contribution in [3.63, 3.8) is 0 Å². The van der Waals surface area contributed by atoms with Crippen LogP contribution in [0.15, 0.2) is 12.1 Å². The number of carbonyl (C=O) groups excluding carboxylic acids is 1. The Morgan fingerprint density at radius 3 is 2.30 bits per heavy atom. The molecule has 0 aliphatic heterocycles. The molecule has 1 rings (SSSR count). The van der Waals surface area contributed by atoms with E-state index >= 15 is 0 Å². The van der Waals surface area contributed by atoms with Gasteiger partial charge >= 0.3 is 0 Å². The van der Waals surface area contributed by atoms with Gasteiger partial charge in [0.2, 0.25) is 5.75 Å². The number of carbonyl (C=O) groups is 1. The molecule has 1 amide bonds. The van der Waals surface area contributed by atoms with Crippen molar-refractivity contribution in [2.24, 2.45) is 0 Å². The minimum absolute atomic E-state index is 0.195. The highest BCUT2D eigenvalue weighted by atomic mass is 16.5. The Bertz CT molecular complexity index is 449. The van der Waals surface area contributed by atoms with Crippen molar-refractivity contribution in [1.82, 2.24) is 10.6 Å². The van der Waals surface area contributed by atoms with Gasteiger partial charge in [-0.3, -0.25) is 4.79 Å². The second kappa shape index (κ2) is 8.27. The first-order valence-electron chi connectivity index (χ1n) is 6.41. The molecule has 0 atom stereocenters. The minimum Gasteiger partial charge on any atom is -0.493 e. The summed E-state index contributed by atoms with van der Waals surface area (Å²) in [6.07, 6.45) is 0.859. The highest BCUT2D eigenvalue weighted by Crippen LogP contribution is 2.39. The van der Waals surface area contributed by atoms with E-state index in [9.17, 15) is 4.79 Å². The smallest absolute Gasteiger partial charge is 0.255 e. The Labute approximate surface area is 119 Å². The summed E-state index contributed by atoms with van der Waals surface area (Å²) >= 11 is 0. The van der Waals surface area contributed by atoms with E-state index in [-0.39, 0.29) is 5.91 Å². The van der Waals surface area contributed by atoms with Crippen LogP contribution in [0.3, 0.4) is 0 Å². The Balaban J connectivity index is 2.91. The lowest BCUT2D eigenvalue weighted by atomic mass is 10.1. The zero-order valence-electron chi connectivity index (χ0n) is 12.4. The van der Waals surface area contributed by atoms with Gasteiger partial charge in [-0.15, -0.1) is 0 Å². The van der Waals surface area contributed by atoms with Crippen molar-refractivity contribution < 1.29 is 19.0 Å². The summed E-state index contributed by atoms with van der Waals surface area (Å²) in [4.78, 5) is 12.1. The van der Waals surface area contributed by atoms with Gasteiger partial charge in [0, 0.05) is 6.54 Å². The maximum Gasteiger partial charge on any atom is 0.255 e. The molecule has 0 aromatic heterocycles. The van der Waals surface area contributed by atoms with E-state index in [2.05, 4.69) is 10.6 Å². The normalized spacial score (nSPS) is 10.0. The summed E-state index contributed by atoms with van der Waals surface area (Å²) < 4.78 is 15.7. The van der Waals surface area contributed by atoms with Crippen molar-refractivity contribution in [3.8, 4) is 17.2 Å². The summed E-state index contributed by atoms with van der Waals surface area (Å²) in [5, 5.41) is 5.87. The molecule has 1 aromatic carbocycles. The van der Waals surface area contributed by atoms with Crippen molar-refractivity contribution in [3.05, 3.63) is 17.7 Å². The van der Waals surface area contributed by atoms with E-state index in [1.165, 1.54) is 21.3 Å². The van der Waals surface area contributed by atoms with Crippen LogP contribution >= 0.6 is 0 Å². The molecule has 0 bridgehead atoms. The molecule has 0 aliphatic rings. The van der Waals surface area contributed by atoms with Crippen LogP contribution in [-0.4, -0.2) is 47.4 Å². The average Bonchev–Trinajstić information content (AvgIpc) is 2.49. The van der Waals surface area contributed by atoms with Gasteiger partial charge in [-0.2, -0.15) is 0 Å². The van der Waals surface area contributed by atoms with Gasteiger partial charge in [0.15, 0.2) is 11.5 Å². The third kappa shape index (κ3) is 3.77. The second-order valence-corrected chi connectivity index (χ2v) is 4.09. The molecule has 1 aromatic rings. The molecule has 112 valence electrons. The maximum atomic E-state index is 12.1. The lowest BCUT2D eigenvalue weighted by molar-refractivity contribution is 0.0949. The minimum atomic E-state index is -0.195. The summed E-state index contributed by atoms with van der Waals surface area (Å²) in [5.41, 5.74) is 0.426. The zero-order chi connectivity index (χ0) is 15.0. The van der Waals surface area contributed by atoms with E-state index in [1.54, 1.807) is 12.1 Å². The SMILES string of the molecule is CNCCCNC(=O)c1ccc(OC)c(OC)c1OC. The topological polar surface area (TPSA) is 68.8 Å². The molecule has 0 aliphatic carbocycles. The summed E-state index contributed by atoms with van der Waals surface area (Å²) in [5.74, 6) is 1.12. The largest absolute Gasteiger partial charge is 0.493 e. The molecule has 0 fully saturated rings. The zero-order valence-corrected chi connectivity index (χ0v) is 12.4. The molecule has 6 heteroatoms. The summed E-state index contributed by atoms with van der Waals surface area (Å²) in [6, 6.07) is 3.34. The molecular weight excluding hydrogens is 260 g/mol. The number of rotatable bonds is 8. The summed E-state index contributed by atoms with van der Waals surface area (Å²) in [7, 11) is 6.41. The lowest BCUT2D eigenvalue weighted by Gasteiger charge is -2.15. The predicted molar refractivity (Wildman–Crippen MR) is 77.0 cm³/mol. The fourth-order valence-electron chi connectivity index (χ4n) is 1.84. The van der Waals surface area contributed by atoms with Gasteiger partial charge < -0.3 is 24.8 Å². The molecule has 0 unspecified atom stereocenters. The van der Waals surface area contributed by atoms with Crippen molar-refractivity contribution >= 4 is 5.91 Å². The number of benzene rings is 1. The molecule has 0 radical (unpaired) electrons. The third-order valence-electron chi connectivity index (χ3n) is 2.84. The molecule has 6 nitrogen and oxygen atoms in total. The Morgan fingerprint density at radius 2 is 1.75 bits per heavy atom. The van der Waals surface area contributed by atoms with Crippen molar-refractivity contribution in [2.75, 3.05) is 41.5 Å². The van der Waals surface area contributed by atoms with E-state index in [1.807, 2.05) is 7.05 Å². The van der Waals surface area contributed by atoms with E-state index in [4.69, 9.17) is 14.2 Å². The Hall–Kier alpha value is -1.95. The molecule has 0 heterocycles. The predicted octanol–water partition coefficient (Wildman–Crippen LogP) is 1.05. The highest BCUT2D eigenvalue weighted by Gasteiger charge is 2.20. The maximum absolute atomic E-state index is 12.1. The number of hydrogen-bond acceptors (Lipinski definition) is 5.